The molecule has 176 valence electrons. The van der Waals surface area contributed by atoms with Gasteiger partial charge in [-0.15, -0.1) is 0 Å². The number of amides is 1. The minimum absolute atomic E-state index is 0.335. The number of hydrogen-bond donors (Lipinski definition) is 1. The number of aliphatic imine (C=N–C) groups is 1. The molecule has 0 unspecified atom stereocenters. The summed E-state index contributed by atoms with van der Waals surface area (Å²) < 4.78 is 33.1. The maximum absolute atomic E-state index is 13.7. The molecule has 7 heteroatoms. The van der Waals surface area contributed by atoms with Crippen molar-refractivity contribution in [1.82, 2.24) is 10.2 Å². The number of carbonyl (C=O) groups is 1. The second-order valence-electron chi connectivity index (χ2n) is 9.15. The number of halogens is 2. The van der Waals surface area contributed by atoms with Crippen LogP contribution in [0.25, 0.3) is 0 Å². The Labute approximate surface area is 198 Å². The van der Waals surface area contributed by atoms with Gasteiger partial charge in [0.15, 0.2) is 0 Å². The van der Waals surface area contributed by atoms with Gasteiger partial charge in [-0.1, -0.05) is 54.6 Å². The van der Waals surface area contributed by atoms with Crippen molar-refractivity contribution in [2.75, 3.05) is 0 Å². The summed E-state index contributed by atoms with van der Waals surface area (Å²) in [6.45, 7) is 5.72. The average molecular weight is 464 g/mol. The van der Waals surface area contributed by atoms with Crippen molar-refractivity contribution in [2.45, 2.75) is 45.0 Å². The fourth-order valence-electron chi connectivity index (χ4n) is 3.89. The van der Waals surface area contributed by atoms with E-state index in [0.29, 0.717) is 18.1 Å². The molecule has 0 bridgehead atoms. The largest absolute Gasteiger partial charge is 0.443 e. The maximum atomic E-state index is 13.7. The minimum Gasteiger partial charge on any atom is -0.443 e. The second kappa shape index (κ2) is 9.63. The van der Waals surface area contributed by atoms with Crippen molar-refractivity contribution in [3.05, 3.63) is 107 Å². The fraction of sp³-hybridized carbons (Fsp3) is 0.259. The molecule has 0 saturated carbocycles. The van der Waals surface area contributed by atoms with Gasteiger partial charge in [-0.25, -0.2) is 23.5 Å². The van der Waals surface area contributed by atoms with Crippen LogP contribution in [0, 0.1) is 11.6 Å². The second-order valence-corrected chi connectivity index (χ2v) is 9.15. The van der Waals surface area contributed by atoms with E-state index in [2.05, 4.69) is 5.32 Å². The van der Waals surface area contributed by atoms with Crippen LogP contribution in [0.1, 0.15) is 49.5 Å². The Morgan fingerprint density at radius 3 is 2.03 bits per heavy atom. The van der Waals surface area contributed by atoms with Gasteiger partial charge in [0.05, 0.1) is 18.6 Å². The number of ether oxygens (including phenoxy) is 1. The average Bonchev–Trinajstić information content (AvgIpc) is 3.18. The minimum atomic E-state index is -0.733. The molecule has 34 heavy (non-hydrogen) atoms. The number of rotatable bonds is 4. The van der Waals surface area contributed by atoms with E-state index in [-0.39, 0.29) is 11.6 Å². The molecule has 0 aliphatic carbocycles. The van der Waals surface area contributed by atoms with E-state index in [1.807, 2.05) is 30.3 Å². The van der Waals surface area contributed by atoms with Gasteiger partial charge < -0.3 is 10.1 Å². The van der Waals surface area contributed by atoms with Crippen LogP contribution in [0.2, 0.25) is 0 Å². The SMILES string of the molecule is CC(C)(C)OC(=O)N1C(=NCc2ccccc2)N[C@@H](c2ccc(F)cc2)[C@H]1c1ccc(F)cc1. The Bertz CT molecular complexity index is 1160. The quantitative estimate of drug-likeness (QED) is 0.505. The van der Waals surface area contributed by atoms with E-state index >= 15 is 0 Å². The third kappa shape index (κ3) is 5.42. The van der Waals surface area contributed by atoms with Crippen molar-refractivity contribution in [3.63, 3.8) is 0 Å². The summed E-state index contributed by atoms with van der Waals surface area (Å²) in [5.74, 6) is -0.404. The Hall–Kier alpha value is -3.74. The highest BCUT2D eigenvalue weighted by molar-refractivity contribution is 5.97. The summed E-state index contributed by atoms with van der Waals surface area (Å²) in [6.07, 6.45) is -0.578. The highest BCUT2D eigenvalue weighted by Crippen LogP contribution is 2.40. The van der Waals surface area contributed by atoms with Crippen LogP contribution < -0.4 is 5.32 Å². The first-order chi connectivity index (χ1) is 16.2. The summed E-state index contributed by atoms with van der Waals surface area (Å²) in [6, 6.07) is 20.7. The maximum Gasteiger partial charge on any atom is 0.417 e. The first kappa shape index (κ1) is 23.4. The molecule has 1 amide bonds. The highest BCUT2D eigenvalue weighted by atomic mass is 19.1. The summed E-state index contributed by atoms with van der Waals surface area (Å²) in [7, 11) is 0. The highest BCUT2D eigenvalue weighted by Gasteiger charge is 2.45. The number of carbonyl (C=O) groups excluding carboxylic acids is 1. The van der Waals surface area contributed by atoms with E-state index in [4.69, 9.17) is 9.73 Å². The predicted molar refractivity (Wildman–Crippen MR) is 127 cm³/mol. The van der Waals surface area contributed by atoms with Crippen LogP contribution in [0.5, 0.6) is 0 Å². The Morgan fingerprint density at radius 1 is 0.912 bits per heavy atom. The van der Waals surface area contributed by atoms with Crippen LogP contribution in [-0.4, -0.2) is 22.6 Å². The van der Waals surface area contributed by atoms with Crippen LogP contribution in [0.15, 0.2) is 83.9 Å². The number of guanidine groups is 1. The monoisotopic (exact) mass is 463 g/mol. The molecular formula is C27H27F2N3O2. The van der Waals surface area contributed by atoms with Gasteiger partial charge in [-0.3, -0.25) is 0 Å². The molecular weight excluding hydrogens is 436 g/mol. The van der Waals surface area contributed by atoms with Crippen molar-refractivity contribution in [3.8, 4) is 0 Å². The molecule has 3 aromatic rings. The Kier molecular flexibility index (Phi) is 6.63. The fourth-order valence-corrected chi connectivity index (χ4v) is 3.89. The van der Waals surface area contributed by atoms with Crippen LogP contribution in [0.3, 0.4) is 0 Å². The van der Waals surface area contributed by atoms with E-state index in [1.165, 1.54) is 29.2 Å². The first-order valence-corrected chi connectivity index (χ1v) is 11.1. The van der Waals surface area contributed by atoms with Crippen molar-refractivity contribution >= 4 is 12.1 Å². The van der Waals surface area contributed by atoms with Crippen LogP contribution >= 0.6 is 0 Å². The van der Waals surface area contributed by atoms with Gasteiger partial charge in [0.2, 0.25) is 5.96 Å². The molecule has 1 N–H and O–H groups in total. The van der Waals surface area contributed by atoms with Crippen molar-refractivity contribution in [1.29, 1.82) is 0 Å². The zero-order valence-corrected chi connectivity index (χ0v) is 19.3. The van der Waals surface area contributed by atoms with Gasteiger partial charge in [-0.05, 0) is 61.7 Å². The van der Waals surface area contributed by atoms with Crippen molar-refractivity contribution < 1.29 is 18.3 Å². The third-order valence-electron chi connectivity index (χ3n) is 5.39. The van der Waals surface area contributed by atoms with E-state index in [9.17, 15) is 13.6 Å². The summed E-state index contributed by atoms with van der Waals surface area (Å²) in [5, 5.41) is 3.34. The molecule has 0 aromatic heterocycles. The lowest BCUT2D eigenvalue weighted by molar-refractivity contribution is 0.0320. The van der Waals surface area contributed by atoms with Gasteiger partial charge in [0, 0.05) is 0 Å². The van der Waals surface area contributed by atoms with Crippen LogP contribution in [0.4, 0.5) is 13.6 Å². The van der Waals surface area contributed by atoms with Gasteiger partial charge >= 0.3 is 6.09 Å². The standard InChI is InChI=1S/C27H27F2N3O2/c1-27(2,3)34-26(33)32-24(20-11-15-22(29)16-12-20)23(19-9-13-21(28)14-10-19)31-25(32)30-17-18-7-5-4-6-8-18/h4-16,23-24H,17H2,1-3H3,(H,30,31)/t23-,24+/m0/s1. The molecule has 4 rings (SSSR count). The van der Waals surface area contributed by atoms with Gasteiger partial charge in [0.25, 0.3) is 0 Å². The van der Waals surface area contributed by atoms with E-state index < -0.39 is 23.8 Å². The smallest absolute Gasteiger partial charge is 0.417 e. The summed E-state index contributed by atoms with van der Waals surface area (Å²) in [5.41, 5.74) is 1.70. The lowest BCUT2D eigenvalue weighted by Gasteiger charge is -2.29. The Balaban J connectivity index is 1.80. The molecule has 2 atom stereocenters. The molecule has 1 aliphatic rings. The molecule has 1 heterocycles. The zero-order chi connectivity index (χ0) is 24.3. The number of nitrogens with one attached hydrogen (secondary N) is 1. The number of nitrogens with zero attached hydrogens (tertiary/aromatic N) is 2. The molecule has 1 saturated heterocycles. The van der Waals surface area contributed by atoms with Gasteiger partial charge in [0.1, 0.15) is 17.2 Å². The zero-order valence-electron chi connectivity index (χ0n) is 19.3. The van der Waals surface area contributed by atoms with Crippen molar-refractivity contribution in [2.24, 2.45) is 4.99 Å². The summed E-state index contributed by atoms with van der Waals surface area (Å²) >= 11 is 0. The lowest BCUT2D eigenvalue weighted by atomic mass is 9.94. The Morgan fingerprint density at radius 2 is 1.47 bits per heavy atom. The van der Waals surface area contributed by atoms with Crippen LogP contribution in [-0.2, 0) is 11.3 Å². The normalized spacial score (nSPS) is 19.2. The molecule has 0 spiro atoms. The first-order valence-electron chi connectivity index (χ1n) is 11.1. The molecule has 1 fully saturated rings. The number of hydrogen-bond acceptors (Lipinski definition) is 3. The number of benzene rings is 3. The molecule has 1 aliphatic heterocycles. The molecule has 3 aromatic carbocycles. The van der Waals surface area contributed by atoms with E-state index in [1.54, 1.807) is 45.0 Å². The topological polar surface area (TPSA) is 53.9 Å². The molecule has 0 radical (unpaired) electrons. The lowest BCUT2D eigenvalue weighted by Crippen LogP contribution is -2.41. The van der Waals surface area contributed by atoms with E-state index in [0.717, 1.165) is 11.1 Å². The molecule has 5 nitrogen and oxygen atoms in total. The van der Waals surface area contributed by atoms with Gasteiger partial charge in [-0.2, -0.15) is 0 Å². The summed E-state index contributed by atoms with van der Waals surface area (Å²) in [4.78, 5) is 19.6. The predicted octanol–water partition coefficient (Wildman–Crippen LogP) is 6.14. The third-order valence-corrected chi connectivity index (χ3v) is 5.39.